The second kappa shape index (κ2) is 9.04. The van der Waals surface area contributed by atoms with Crippen LogP contribution in [-0.2, 0) is 11.3 Å². The van der Waals surface area contributed by atoms with Crippen molar-refractivity contribution in [3.05, 3.63) is 59.1 Å². The van der Waals surface area contributed by atoms with Crippen LogP contribution in [0, 0.1) is 0 Å². The van der Waals surface area contributed by atoms with E-state index < -0.39 is 18.2 Å². The number of fused-ring (bicyclic) bond motifs is 1. The maximum atomic E-state index is 11.3. The summed E-state index contributed by atoms with van der Waals surface area (Å²) in [5.41, 5.74) is 2.06. The summed E-state index contributed by atoms with van der Waals surface area (Å²) in [5.74, 6) is -0.337. The van der Waals surface area contributed by atoms with Gasteiger partial charge in [-0.25, -0.2) is 0 Å². The molecule has 3 aromatic rings. The van der Waals surface area contributed by atoms with Crippen molar-refractivity contribution >= 4 is 28.5 Å². The van der Waals surface area contributed by atoms with Crippen molar-refractivity contribution in [3.63, 3.8) is 0 Å². The lowest BCUT2D eigenvalue weighted by atomic mass is 10.2. The van der Waals surface area contributed by atoms with Gasteiger partial charge in [0.2, 0.25) is 5.88 Å². The SMILES string of the molecule is O=C(O)[C@@H]1CC[C@H](O)N1CCCOc1nn(Cc2ccc(Cl)cc2)c2ccccc12. The number of halogens is 1. The van der Waals surface area contributed by atoms with E-state index in [2.05, 4.69) is 5.10 Å². The fraction of sp³-hybridized carbons (Fsp3) is 0.364. The third-order valence-electron chi connectivity index (χ3n) is 5.44. The topological polar surface area (TPSA) is 87.8 Å². The lowest BCUT2D eigenvalue weighted by Gasteiger charge is -2.24. The molecule has 1 aliphatic rings. The van der Waals surface area contributed by atoms with E-state index in [9.17, 15) is 15.0 Å². The number of para-hydroxylation sites is 1. The summed E-state index contributed by atoms with van der Waals surface area (Å²) in [6.07, 6.45) is 0.846. The quantitative estimate of drug-likeness (QED) is 0.534. The molecule has 0 unspecified atom stereocenters. The summed E-state index contributed by atoms with van der Waals surface area (Å²) in [5, 5.41) is 25.6. The number of carboxylic acid groups (broad SMARTS) is 1. The fourth-order valence-electron chi connectivity index (χ4n) is 3.92. The van der Waals surface area contributed by atoms with Gasteiger partial charge in [-0.05, 0) is 49.1 Å². The number of benzene rings is 2. The molecule has 0 radical (unpaired) electrons. The fourth-order valence-corrected chi connectivity index (χ4v) is 4.05. The summed E-state index contributed by atoms with van der Waals surface area (Å²) in [4.78, 5) is 13.0. The molecule has 7 nitrogen and oxygen atoms in total. The van der Waals surface area contributed by atoms with Crippen molar-refractivity contribution in [1.29, 1.82) is 0 Å². The van der Waals surface area contributed by atoms with E-state index in [0.29, 0.717) is 49.9 Å². The van der Waals surface area contributed by atoms with Crippen LogP contribution in [0.1, 0.15) is 24.8 Å². The molecule has 4 rings (SSSR count). The molecule has 0 spiro atoms. The van der Waals surface area contributed by atoms with E-state index in [1.54, 1.807) is 4.90 Å². The van der Waals surface area contributed by atoms with E-state index in [1.165, 1.54) is 0 Å². The van der Waals surface area contributed by atoms with Crippen molar-refractivity contribution < 1.29 is 19.7 Å². The summed E-state index contributed by atoms with van der Waals surface area (Å²) < 4.78 is 7.84. The number of aliphatic carboxylic acids is 1. The lowest BCUT2D eigenvalue weighted by molar-refractivity contribution is -0.144. The van der Waals surface area contributed by atoms with Gasteiger partial charge in [0.1, 0.15) is 12.3 Å². The molecule has 2 N–H and O–H groups in total. The third-order valence-corrected chi connectivity index (χ3v) is 5.69. The van der Waals surface area contributed by atoms with Gasteiger partial charge >= 0.3 is 5.97 Å². The molecule has 1 aliphatic heterocycles. The molecule has 0 saturated carbocycles. The lowest BCUT2D eigenvalue weighted by Crippen LogP contribution is -2.41. The molecule has 0 amide bonds. The summed E-state index contributed by atoms with van der Waals surface area (Å²) in [7, 11) is 0. The number of aliphatic hydroxyl groups is 1. The van der Waals surface area contributed by atoms with Crippen molar-refractivity contribution in [1.82, 2.24) is 14.7 Å². The molecule has 2 aromatic carbocycles. The second-order valence-electron chi connectivity index (χ2n) is 7.46. The number of carboxylic acids is 1. The average molecular weight is 430 g/mol. The van der Waals surface area contributed by atoms with Crippen LogP contribution in [0.25, 0.3) is 10.9 Å². The Labute approximate surface area is 179 Å². The zero-order chi connectivity index (χ0) is 21.1. The maximum Gasteiger partial charge on any atom is 0.320 e. The van der Waals surface area contributed by atoms with Crippen LogP contribution >= 0.6 is 11.6 Å². The first-order valence-electron chi connectivity index (χ1n) is 10.0. The van der Waals surface area contributed by atoms with Crippen LogP contribution in [0.2, 0.25) is 5.02 Å². The Morgan fingerprint density at radius 3 is 2.70 bits per heavy atom. The highest BCUT2D eigenvalue weighted by molar-refractivity contribution is 6.30. The Balaban J connectivity index is 1.42. The summed E-state index contributed by atoms with van der Waals surface area (Å²) in [6, 6.07) is 14.9. The molecule has 0 bridgehead atoms. The monoisotopic (exact) mass is 429 g/mol. The van der Waals surface area contributed by atoms with E-state index >= 15 is 0 Å². The predicted molar refractivity (Wildman–Crippen MR) is 114 cm³/mol. The van der Waals surface area contributed by atoms with Gasteiger partial charge in [-0.2, -0.15) is 0 Å². The third kappa shape index (κ3) is 4.43. The first-order valence-corrected chi connectivity index (χ1v) is 10.4. The van der Waals surface area contributed by atoms with E-state index in [0.717, 1.165) is 16.5 Å². The van der Waals surface area contributed by atoms with Gasteiger partial charge in [0.25, 0.3) is 0 Å². The average Bonchev–Trinajstić information content (AvgIpc) is 3.28. The molecule has 30 heavy (non-hydrogen) atoms. The van der Waals surface area contributed by atoms with E-state index in [4.69, 9.17) is 16.3 Å². The van der Waals surface area contributed by atoms with Gasteiger partial charge in [-0.1, -0.05) is 35.9 Å². The van der Waals surface area contributed by atoms with Crippen LogP contribution < -0.4 is 4.74 Å². The number of aromatic nitrogens is 2. The number of ether oxygens (including phenoxy) is 1. The predicted octanol–water partition coefficient (Wildman–Crippen LogP) is 3.37. The molecule has 158 valence electrons. The molecule has 1 saturated heterocycles. The van der Waals surface area contributed by atoms with Crippen molar-refractivity contribution in [2.75, 3.05) is 13.2 Å². The number of likely N-dealkylation sites (tertiary alicyclic amines) is 1. The highest BCUT2D eigenvalue weighted by Crippen LogP contribution is 2.26. The van der Waals surface area contributed by atoms with Crippen LogP contribution in [0.4, 0.5) is 0 Å². The molecule has 0 aliphatic carbocycles. The van der Waals surface area contributed by atoms with Gasteiger partial charge in [0.15, 0.2) is 0 Å². The van der Waals surface area contributed by atoms with Crippen LogP contribution in [-0.4, -0.2) is 56.3 Å². The standard InChI is InChI=1S/C22H24ClN3O4/c23-16-8-6-15(7-9-16)14-26-18-5-2-1-4-17(18)21(24-26)30-13-3-12-25-19(22(28)29)10-11-20(25)27/h1-2,4-9,19-20,27H,3,10-14H2,(H,28,29)/t19-,20-/m0/s1. The minimum atomic E-state index is -0.889. The van der Waals surface area contributed by atoms with Crippen LogP contribution in [0.15, 0.2) is 48.5 Å². The number of rotatable bonds is 8. The molecule has 2 heterocycles. The first-order chi connectivity index (χ1) is 14.5. The molecule has 1 aromatic heterocycles. The molecular formula is C22H24ClN3O4. The number of aliphatic hydroxyl groups excluding tert-OH is 1. The van der Waals surface area contributed by atoms with Gasteiger partial charge in [0.05, 0.1) is 24.1 Å². The Kier molecular flexibility index (Phi) is 6.22. The number of hydrogen-bond acceptors (Lipinski definition) is 5. The van der Waals surface area contributed by atoms with Gasteiger partial charge in [-0.15, -0.1) is 5.10 Å². The van der Waals surface area contributed by atoms with Gasteiger partial charge < -0.3 is 14.9 Å². The number of nitrogens with zero attached hydrogens (tertiary/aromatic N) is 3. The van der Waals surface area contributed by atoms with E-state index in [-0.39, 0.29) is 0 Å². The molecule has 8 heteroatoms. The number of carbonyl (C=O) groups is 1. The largest absolute Gasteiger partial charge is 0.480 e. The minimum absolute atomic E-state index is 0.386. The molecule has 2 atom stereocenters. The summed E-state index contributed by atoms with van der Waals surface area (Å²) in [6.45, 7) is 1.44. The highest BCUT2D eigenvalue weighted by atomic mass is 35.5. The number of hydrogen-bond donors (Lipinski definition) is 2. The van der Waals surface area contributed by atoms with Gasteiger partial charge in [0, 0.05) is 11.6 Å². The zero-order valence-electron chi connectivity index (χ0n) is 16.4. The van der Waals surface area contributed by atoms with E-state index in [1.807, 2.05) is 53.2 Å². The Morgan fingerprint density at radius 1 is 1.17 bits per heavy atom. The normalized spacial score (nSPS) is 19.4. The minimum Gasteiger partial charge on any atom is -0.480 e. The Bertz CT molecular complexity index is 1020. The Hall–Kier alpha value is -2.61. The highest BCUT2D eigenvalue weighted by Gasteiger charge is 2.36. The zero-order valence-corrected chi connectivity index (χ0v) is 17.2. The van der Waals surface area contributed by atoms with Crippen molar-refractivity contribution in [2.24, 2.45) is 0 Å². The van der Waals surface area contributed by atoms with Crippen LogP contribution in [0.5, 0.6) is 5.88 Å². The smallest absolute Gasteiger partial charge is 0.320 e. The summed E-state index contributed by atoms with van der Waals surface area (Å²) >= 11 is 5.97. The maximum absolute atomic E-state index is 11.3. The van der Waals surface area contributed by atoms with Crippen molar-refractivity contribution in [3.8, 4) is 5.88 Å². The Morgan fingerprint density at radius 2 is 1.93 bits per heavy atom. The first kappa shape index (κ1) is 20.7. The molecule has 1 fully saturated rings. The molecular weight excluding hydrogens is 406 g/mol. The van der Waals surface area contributed by atoms with Crippen molar-refractivity contribution in [2.45, 2.75) is 38.1 Å². The van der Waals surface area contributed by atoms with Crippen LogP contribution in [0.3, 0.4) is 0 Å². The van der Waals surface area contributed by atoms with Gasteiger partial charge in [-0.3, -0.25) is 14.4 Å². The second-order valence-corrected chi connectivity index (χ2v) is 7.89.